The fraction of sp³-hybridized carbons (Fsp3) is 0.143. The Morgan fingerprint density at radius 3 is 2.61 bits per heavy atom. The third-order valence-electron chi connectivity index (χ3n) is 2.59. The minimum absolute atomic E-state index is 0.0737. The summed E-state index contributed by atoms with van der Waals surface area (Å²) in [7, 11) is 1.60. The highest BCUT2D eigenvalue weighted by molar-refractivity contribution is 9.10. The lowest BCUT2D eigenvalue weighted by molar-refractivity contribution is 0.0993. The summed E-state index contributed by atoms with van der Waals surface area (Å²) in [6.07, 6.45) is 3.75. The van der Waals surface area contributed by atoms with Gasteiger partial charge in [-0.05, 0) is 51.8 Å². The molecule has 2 aromatic rings. The SMILES string of the molecule is COc1ccc(C(=O)Cc2ccncc2)cc1Br. The van der Waals surface area contributed by atoms with E-state index in [4.69, 9.17) is 4.74 Å². The van der Waals surface area contributed by atoms with Crippen LogP contribution in [-0.2, 0) is 6.42 Å². The highest BCUT2D eigenvalue weighted by Crippen LogP contribution is 2.26. The summed E-state index contributed by atoms with van der Waals surface area (Å²) in [5.74, 6) is 0.792. The average molecular weight is 306 g/mol. The Hall–Kier alpha value is -1.68. The van der Waals surface area contributed by atoms with Crippen LogP contribution in [0.4, 0.5) is 0 Å². The van der Waals surface area contributed by atoms with E-state index in [2.05, 4.69) is 20.9 Å². The predicted molar refractivity (Wildman–Crippen MR) is 73.0 cm³/mol. The summed E-state index contributed by atoms with van der Waals surface area (Å²) < 4.78 is 5.91. The predicted octanol–water partition coefficient (Wildman–Crippen LogP) is 3.28. The largest absolute Gasteiger partial charge is 0.496 e. The number of ketones is 1. The van der Waals surface area contributed by atoms with E-state index in [9.17, 15) is 4.79 Å². The Morgan fingerprint density at radius 2 is 2.00 bits per heavy atom. The van der Waals surface area contributed by atoms with Gasteiger partial charge in [0.05, 0.1) is 11.6 Å². The first-order chi connectivity index (χ1) is 8.70. The van der Waals surface area contributed by atoms with Crippen molar-refractivity contribution in [1.82, 2.24) is 4.98 Å². The summed E-state index contributed by atoms with van der Waals surface area (Å²) >= 11 is 3.37. The van der Waals surface area contributed by atoms with Gasteiger partial charge < -0.3 is 4.74 Å². The number of nitrogens with zero attached hydrogens (tertiary/aromatic N) is 1. The molecular formula is C14H12BrNO2. The van der Waals surface area contributed by atoms with Crippen molar-refractivity contribution in [3.8, 4) is 5.75 Å². The molecule has 0 N–H and O–H groups in total. The first-order valence-corrected chi connectivity index (χ1v) is 6.25. The Morgan fingerprint density at radius 1 is 1.28 bits per heavy atom. The summed E-state index contributed by atoms with van der Waals surface area (Å²) in [4.78, 5) is 16.0. The van der Waals surface area contributed by atoms with Gasteiger partial charge in [-0.2, -0.15) is 0 Å². The number of ether oxygens (including phenoxy) is 1. The molecule has 0 saturated heterocycles. The van der Waals surface area contributed by atoms with Crippen molar-refractivity contribution >= 4 is 21.7 Å². The normalized spacial score (nSPS) is 10.1. The van der Waals surface area contributed by atoms with E-state index < -0.39 is 0 Å². The van der Waals surface area contributed by atoms with Gasteiger partial charge in [-0.1, -0.05) is 0 Å². The van der Waals surface area contributed by atoms with E-state index in [1.54, 1.807) is 37.7 Å². The second kappa shape index (κ2) is 5.78. The van der Waals surface area contributed by atoms with Gasteiger partial charge in [-0.25, -0.2) is 0 Å². The highest BCUT2D eigenvalue weighted by Gasteiger charge is 2.09. The molecule has 1 aromatic carbocycles. The molecule has 3 nitrogen and oxygen atoms in total. The number of aromatic nitrogens is 1. The van der Waals surface area contributed by atoms with Crippen LogP contribution in [0, 0.1) is 0 Å². The Bertz CT molecular complexity index is 555. The molecule has 0 spiro atoms. The second-order valence-electron chi connectivity index (χ2n) is 3.80. The number of Topliss-reactive ketones (excluding diaryl/α,β-unsaturated/α-hetero) is 1. The lowest BCUT2D eigenvalue weighted by atomic mass is 10.0. The number of hydrogen-bond donors (Lipinski definition) is 0. The van der Waals surface area contributed by atoms with Gasteiger partial charge in [0.1, 0.15) is 5.75 Å². The van der Waals surface area contributed by atoms with E-state index >= 15 is 0 Å². The lowest BCUT2D eigenvalue weighted by Gasteiger charge is -2.05. The fourth-order valence-electron chi connectivity index (χ4n) is 1.63. The molecule has 0 radical (unpaired) electrons. The molecule has 0 aliphatic heterocycles. The summed E-state index contributed by atoms with van der Waals surface area (Å²) in [6, 6.07) is 9.02. The number of benzene rings is 1. The van der Waals surface area contributed by atoms with Crippen LogP contribution in [0.15, 0.2) is 47.2 Å². The lowest BCUT2D eigenvalue weighted by Crippen LogP contribution is -2.03. The first-order valence-electron chi connectivity index (χ1n) is 5.46. The molecule has 18 heavy (non-hydrogen) atoms. The van der Waals surface area contributed by atoms with Crippen LogP contribution in [0.3, 0.4) is 0 Å². The van der Waals surface area contributed by atoms with Crippen molar-refractivity contribution in [3.63, 3.8) is 0 Å². The molecule has 2 rings (SSSR count). The van der Waals surface area contributed by atoms with Crippen LogP contribution in [0.25, 0.3) is 0 Å². The van der Waals surface area contributed by atoms with Crippen LogP contribution in [0.5, 0.6) is 5.75 Å². The van der Waals surface area contributed by atoms with E-state index in [0.717, 1.165) is 15.8 Å². The molecule has 4 heteroatoms. The monoisotopic (exact) mass is 305 g/mol. The minimum atomic E-state index is 0.0737. The average Bonchev–Trinajstić information content (AvgIpc) is 2.39. The number of carbonyl (C=O) groups excluding carboxylic acids is 1. The van der Waals surface area contributed by atoms with Crippen molar-refractivity contribution in [1.29, 1.82) is 0 Å². The van der Waals surface area contributed by atoms with Gasteiger partial charge in [0.2, 0.25) is 0 Å². The summed E-state index contributed by atoms with van der Waals surface area (Å²) in [5, 5.41) is 0. The van der Waals surface area contributed by atoms with Crippen molar-refractivity contribution < 1.29 is 9.53 Å². The summed E-state index contributed by atoms with van der Waals surface area (Å²) in [5.41, 5.74) is 1.63. The molecule has 92 valence electrons. The topological polar surface area (TPSA) is 39.2 Å². The van der Waals surface area contributed by atoms with Gasteiger partial charge in [0.15, 0.2) is 5.78 Å². The zero-order valence-corrected chi connectivity index (χ0v) is 11.5. The number of rotatable bonds is 4. The number of carbonyl (C=O) groups is 1. The summed E-state index contributed by atoms with van der Waals surface area (Å²) in [6.45, 7) is 0. The van der Waals surface area contributed by atoms with E-state index in [-0.39, 0.29) is 5.78 Å². The zero-order chi connectivity index (χ0) is 13.0. The van der Waals surface area contributed by atoms with E-state index in [1.807, 2.05) is 12.1 Å². The standard InChI is InChI=1S/C14H12BrNO2/c1-18-14-3-2-11(9-12(14)15)13(17)8-10-4-6-16-7-5-10/h2-7,9H,8H2,1H3. The van der Waals surface area contributed by atoms with Crippen LogP contribution in [0.2, 0.25) is 0 Å². The van der Waals surface area contributed by atoms with E-state index in [0.29, 0.717) is 12.0 Å². The van der Waals surface area contributed by atoms with Crippen molar-refractivity contribution in [2.45, 2.75) is 6.42 Å². The molecule has 0 amide bonds. The number of halogens is 1. The number of hydrogen-bond acceptors (Lipinski definition) is 3. The Kier molecular flexibility index (Phi) is 4.10. The molecule has 0 unspecified atom stereocenters. The van der Waals surface area contributed by atoms with Gasteiger partial charge >= 0.3 is 0 Å². The minimum Gasteiger partial charge on any atom is -0.496 e. The smallest absolute Gasteiger partial charge is 0.167 e. The zero-order valence-electron chi connectivity index (χ0n) is 9.89. The van der Waals surface area contributed by atoms with Gasteiger partial charge in [-0.3, -0.25) is 9.78 Å². The van der Waals surface area contributed by atoms with Crippen molar-refractivity contribution in [2.24, 2.45) is 0 Å². The van der Waals surface area contributed by atoms with Crippen LogP contribution < -0.4 is 4.74 Å². The molecule has 1 aromatic heterocycles. The maximum atomic E-state index is 12.1. The maximum Gasteiger partial charge on any atom is 0.167 e. The third-order valence-corrected chi connectivity index (χ3v) is 3.21. The van der Waals surface area contributed by atoms with Crippen LogP contribution in [-0.4, -0.2) is 17.9 Å². The quantitative estimate of drug-likeness (QED) is 0.814. The van der Waals surface area contributed by atoms with Crippen molar-refractivity contribution in [3.05, 3.63) is 58.3 Å². The molecule has 1 heterocycles. The first kappa shape index (κ1) is 12.8. The number of pyridine rings is 1. The molecule has 0 aliphatic carbocycles. The number of methoxy groups -OCH3 is 1. The van der Waals surface area contributed by atoms with Gasteiger partial charge in [0, 0.05) is 24.4 Å². The molecule has 0 fully saturated rings. The fourth-order valence-corrected chi connectivity index (χ4v) is 2.17. The van der Waals surface area contributed by atoms with Gasteiger partial charge in [0.25, 0.3) is 0 Å². The second-order valence-corrected chi connectivity index (χ2v) is 4.66. The highest BCUT2D eigenvalue weighted by atomic mass is 79.9. The maximum absolute atomic E-state index is 12.1. The Balaban J connectivity index is 2.17. The van der Waals surface area contributed by atoms with Crippen molar-refractivity contribution in [2.75, 3.05) is 7.11 Å². The molecule has 0 atom stereocenters. The molecule has 0 saturated carbocycles. The molecule has 0 aliphatic rings. The third kappa shape index (κ3) is 2.96. The Labute approximate surface area is 114 Å². The molecular weight excluding hydrogens is 294 g/mol. The van der Waals surface area contributed by atoms with Gasteiger partial charge in [-0.15, -0.1) is 0 Å². The molecule has 0 bridgehead atoms. The van der Waals surface area contributed by atoms with E-state index in [1.165, 1.54) is 0 Å². The van der Waals surface area contributed by atoms with Crippen LogP contribution >= 0.6 is 15.9 Å². The van der Waals surface area contributed by atoms with Crippen LogP contribution in [0.1, 0.15) is 15.9 Å².